The molecular formula is C21H28F3NO5S. The number of ether oxygens (including phenoxy) is 1. The molecule has 0 spiro atoms. The van der Waals surface area contributed by atoms with Gasteiger partial charge in [-0.3, -0.25) is 0 Å². The minimum absolute atomic E-state index is 0.275. The van der Waals surface area contributed by atoms with E-state index in [1.54, 1.807) is 31.7 Å². The van der Waals surface area contributed by atoms with Crippen LogP contribution in [0.4, 0.5) is 18.0 Å². The van der Waals surface area contributed by atoms with Crippen LogP contribution in [0.25, 0.3) is 0 Å². The number of hydrogen-bond donors (Lipinski definition) is 0. The Hall–Kier alpha value is -1.97. The van der Waals surface area contributed by atoms with E-state index in [1.807, 2.05) is 0 Å². The zero-order chi connectivity index (χ0) is 23.6. The van der Waals surface area contributed by atoms with Crippen molar-refractivity contribution in [2.45, 2.75) is 77.0 Å². The van der Waals surface area contributed by atoms with Gasteiger partial charge in [-0.1, -0.05) is 26.8 Å². The lowest BCUT2D eigenvalue weighted by molar-refractivity contribution is -0.0526. The van der Waals surface area contributed by atoms with E-state index in [4.69, 9.17) is 4.74 Å². The first-order valence-corrected chi connectivity index (χ1v) is 11.4. The molecular weight excluding hydrogens is 435 g/mol. The first kappa shape index (κ1) is 23.7. The molecule has 1 heterocycles. The number of carbonyl (C=O) groups excluding carboxylic acids is 1. The molecule has 10 heteroatoms. The number of benzene rings is 1. The summed E-state index contributed by atoms with van der Waals surface area (Å²) in [6.45, 7) is 12.0. The minimum atomic E-state index is -5.76. The van der Waals surface area contributed by atoms with Crippen LogP contribution in [0, 0.1) is 5.41 Å². The monoisotopic (exact) mass is 463 g/mol. The van der Waals surface area contributed by atoms with E-state index in [-0.39, 0.29) is 16.9 Å². The van der Waals surface area contributed by atoms with Gasteiger partial charge in [0.15, 0.2) is 0 Å². The van der Waals surface area contributed by atoms with Gasteiger partial charge in [-0.25, -0.2) is 4.79 Å². The number of piperidine rings is 1. The number of amides is 1. The molecule has 1 aliphatic carbocycles. The van der Waals surface area contributed by atoms with Gasteiger partial charge in [0.25, 0.3) is 0 Å². The van der Waals surface area contributed by atoms with Gasteiger partial charge in [0.05, 0.1) is 0 Å². The molecule has 0 aromatic heterocycles. The fourth-order valence-electron chi connectivity index (χ4n) is 4.68. The molecule has 0 unspecified atom stereocenters. The smallest absolute Gasteiger partial charge is 0.444 e. The van der Waals surface area contributed by atoms with Crippen molar-refractivity contribution >= 4 is 16.2 Å². The highest BCUT2D eigenvalue weighted by molar-refractivity contribution is 7.88. The Morgan fingerprint density at radius 1 is 1.16 bits per heavy atom. The van der Waals surface area contributed by atoms with Crippen molar-refractivity contribution in [3.8, 4) is 5.75 Å². The summed E-state index contributed by atoms with van der Waals surface area (Å²) in [5, 5.41) is 0. The molecule has 1 aromatic carbocycles. The maximum Gasteiger partial charge on any atom is 0.534 e. The highest BCUT2D eigenvalue weighted by Crippen LogP contribution is 2.56. The van der Waals surface area contributed by atoms with Crippen LogP contribution in [0.3, 0.4) is 0 Å². The average molecular weight is 464 g/mol. The van der Waals surface area contributed by atoms with E-state index in [1.165, 1.54) is 12.1 Å². The summed E-state index contributed by atoms with van der Waals surface area (Å²) in [5.74, 6) is -0.402. The minimum Gasteiger partial charge on any atom is -0.444 e. The normalized spacial score (nSPS) is 25.6. The number of likely N-dealkylation sites (tertiary alicyclic amines) is 1. The second-order valence-corrected chi connectivity index (χ2v) is 11.5. The van der Waals surface area contributed by atoms with Gasteiger partial charge in [0.2, 0.25) is 0 Å². The summed E-state index contributed by atoms with van der Waals surface area (Å²) < 4.78 is 70.8. The molecule has 174 valence electrons. The van der Waals surface area contributed by atoms with Gasteiger partial charge in [-0.2, -0.15) is 21.6 Å². The van der Waals surface area contributed by atoms with Gasteiger partial charge >= 0.3 is 21.7 Å². The average Bonchev–Trinajstić information content (AvgIpc) is 2.55. The molecule has 2 bridgehead atoms. The molecule has 1 amide bonds. The van der Waals surface area contributed by atoms with Crippen molar-refractivity contribution in [3.63, 3.8) is 0 Å². The lowest BCUT2D eigenvalue weighted by Crippen LogP contribution is -2.65. The predicted molar refractivity (Wildman–Crippen MR) is 108 cm³/mol. The lowest BCUT2D eigenvalue weighted by Gasteiger charge is -2.60. The summed E-state index contributed by atoms with van der Waals surface area (Å²) in [7, 11) is -5.76. The van der Waals surface area contributed by atoms with E-state index in [0.29, 0.717) is 24.9 Å². The predicted octanol–water partition coefficient (Wildman–Crippen LogP) is 4.76. The molecule has 6 nitrogen and oxygen atoms in total. The second-order valence-electron chi connectivity index (χ2n) is 10.00. The van der Waals surface area contributed by atoms with Crippen LogP contribution in [0.15, 0.2) is 18.2 Å². The molecule has 31 heavy (non-hydrogen) atoms. The molecule has 0 saturated carbocycles. The van der Waals surface area contributed by atoms with Crippen LogP contribution in [-0.2, 0) is 26.7 Å². The Morgan fingerprint density at radius 2 is 1.77 bits per heavy atom. The van der Waals surface area contributed by atoms with Crippen LogP contribution < -0.4 is 4.18 Å². The largest absolute Gasteiger partial charge is 0.534 e. The first-order valence-electron chi connectivity index (χ1n) is 10.0. The zero-order valence-corrected chi connectivity index (χ0v) is 19.3. The van der Waals surface area contributed by atoms with Gasteiger partial charge in [0.1, 0.15) is 11.4 Å². The van der Waals surface area contributed by atoms with E-state index in [2.05, 4.69) is 25.0 Å². The second kappa shape index (κ2) is 7.02. The fourth-order valence-corrected chi connectivity index (χ4v) is 5.13. The van der Waals surface area contributed by atoms with Crippen LogP contribution in [0.5, 0.6) is 5.75 Å². The van der Waals surface area contributed by atoms with Crippen LogP contribution in [-0.4, -0.2) is 43.1 Å². The van der Waals surface area contributed by atoms with Crippen molar-refractivity contribution in [3.05, 3.63) is 29.3 Å². The third-order valence-electron chi connectivity index (χ3n) is 6.69. The van der Waals surface area contributed by atoms with E-state index in [9.17, 15) is 26.4 Å². The van der Waals surface area contributed by atoms with Crippen LogP contribution in [0.2, 0.25) is 0 Å². The highest BCUT2D eigenvalue weighted by atomic mass is 32.2. The Kier molecular flexibility index (Phi) is 5.36. The molecule has 2 aliphatic rings. The first-order chi connectivity index (χ1) is 13.9. The van der Waals surface area contributed by atoms with E-state index < -0.39 is 33.1 Å². The van der Waals surface area contributed by atoms with Crippen LogP contribution >= 0.6 is 0 Å². The number of halogens is 3. The summed E-state index contributed by atoms with van der Waals surface area (Å²) in [6.07, 6.45) is 0.535. The molecule has 3 rings (SSSR count). The number of rotatable bonds is 2. The Bertz CT molecular complexity index is 997. The van der Waals surface area contributed by atoms with Gasteiger partial charge in [-0.15, -0.1) is 0 Å². The van der Waals surface area contributed by atoms with Crippen molar-refractivity contribution < 1.29 is 35.3 Å². The van der Waals surface area contributed by atoms with Crippen LogP contribution in [0.1, 0.15) is 59.1 Å². The summed E-state index contributed by atoms with van der Waals surface area (Å²) in [5.41, 5.74) is -5.31. The third-order valence-corrected chi connectivity index (χ3v) is 7.66. The van der Waals surface area contributed by atoms with Crippen molar-refractivity contribution in [2.24, 2.45) is 5.41 Å². The lowest BCUT2D eigenvalue weighted by atomic mass is 9.51. The van der Waals surface area contributed by atoms with E-state index in [0.717, 1.165) is 5.56 Å². The summed E-state index contributed by atoms with van der Waals surface area (Å²) in [4.78, 5) is 14.5. The molecule has 2 atom stereocenters. The van der Waals surface area contributed by atoms with E-state index >= 15 is 0 Å². The molecule has 0 radical (unpaired) electrons. The molecule has 1 fully saturated rings. The fraction of sp³-hybridized carbons (Fsp3) is 0.667. The Morgan fingerprint density at radius 3 is 2.32 bits per heavy atom. The number of nitrogens with zero attached hydrogens (tertiary/aromatic N) is 1. The molecule has 0 N–H and O–H groups in total. The summed E-state index contributed by atoms with van der Waals surface area (Å²) >= 11 is 0. The molecule has 1 aliphatic heterocycles. The number of alkyl halides is 3. The summed E-state index contributed by atoms with van der Waals surface area (Å²) in [6, 6.07) is 3.95. The van der Waals surface area contributed by atoms with Crippen molar-refractivity contribution in [1.82, 2.24) is 4.90 Å². The quantitative estimate of drug-likeness (QED) is 0.467. The Balaban J connectivity index is 2.00. The van der Waals surface area contributed by atoms with Crippen molar-refractivity contribution in [2.75, 3.05) is 6.54 Å². The van der Waals surface area contributed by atoms with Gasteiger partial charge in [0, 0.05) is 18.0 Å². The van der Waals surface area contributed by atoms with Gasteiger partial charge in [-0.05, 0) is 62.3 Å². The number of fused-ring (bicyclic) bond motifs is 4. The number of hydrogen-bond acceptors (Lipinski definition) is 5. The Labute approximate surface area is 180 Å². The van der Waals surface area contributed by atoms with Crippen molar-refractivity contribution in [1.29, 1.82) is 0 Å². The third kappa shape index (κ3) is 3.99. The maximum atomic E-state index is 12.9. The zero-order valence-electron chi connectivity index (χ0n) is 18.5. The maximum absolute atomic E-state index is 12.9. The highest BCUT2D eigenvalue weighted by Gasteiger charge is 2.57. The standard InChI is InChI=1S/C21H28F3NO5S/c1-18(2,3)29-17(26)25-10-9-20(6)15-8-7-14(30-31(27,28)21(22,23)24)11-13(15)12-16(25)19(20,4)5/h7-8,11,16H,9-10,12H2,1-6H3/t16-,20-/m0/s1. The topological polar surface area (TPSA) is 72.9 Å². The van der Waals surface area contributed by atoms with Gasteiger partial charge < -0.3 is 13.8 Å². The molecule has 1 saturated heterocycles. The SMILES string of the molecule is CC(C)(C)OC(=O)N1CC[C@@]2(C)c3ccc(OS(=O)(=O)C(F)(F)F)cc3C[C@H]1C2(C)C. The number of carbonyl (C=O) groups is 1. The molecule has 1 aromatic rings.